The summed E-state index contributed by atoms with van der Waals surface area (Å²) in [7, 11) is -0.892. The van der Waals surface area contributed by atoms with Gasteiger partial charge in [-0.2, -0.15) is 0 Å². The van der Waals surface area contributed by atoms with Crippen LogP contribution in [0.1, 0.15) is 11.1 Å². The molecule has 0 radical (unpaired) electrons. The smallest absolute Gasteiger partial charge is 0.0134 e. The van der Waals surface area contributed by atoms with Crippen molar-refractivity contribution in [3.05, 3.63) is 210 Å². The van der Waals surface area contributed by atoms with E-state index in [1.807, 2.05) is 0 Å². The Morgan fingerprint density at radius 1 is 0.370 bits per heavy atom. The average Bonchev–Trinajstić information content (AvgIpc) is 3.18. The zero-order valence-electron chi connectivity index (χ0n) is 28.3. The summed E-state index contributed by atoms with van der Waals surface area (Å²) in [6.07, 6.45) is -9.65. The third kappa shape index (κ3) is 11.6. The van der Waals surface area contributed by atoms with Crippen LogP contribution in [0.25, 0.3) is 0 Å². The minimum absolute atomic E-state index is 0.0703. The molecule has 0 nitrogen and oxygen atoms in total. The molecule has 0 aliphatic rings. The van der Waals surface area contributed by atoms with Crippen molar-refractivity contribution in [2.75, 3.05) is 0 Å². The summed E-state index contributed by atoms with van der Waals surface area (Å²) >= 11 is 4.94. The Morgan fingerprint density at radius 2 is 0.611 bits per heavy atom. The van der Waals surface area contributed by atoms with E-state index in [-0.39, 0.29) is 10.1 Å². The molecule has 0 aliphatic carbocycles. The van der Waals surface area contributed by atoms with Gasteiger partial charge in [-0.25, -0.2) is 0 Å². The summed E-state index contributed by atoms with van der Waals surface area (Å²) in [5, 5.41) is 8.39. The van der Waals surface area contributed by atoms with E-state index >= 15 is 0 Å². The van der Waals surface area contributed by atoms with Crippen LogP contribution < -0.4 is 35.9 Å². The van der Waals surface area contributed by atoms with Crippen LogP contribution in [0.2, 0.25) is 0 Å². The molecule has 0 unspecified atom stereocenters. The molecule has 7 rings (SSSR count). The number of alkyl halides is 6. The Hall–Kier alpha value is -3.88. The van der Waals surface area contributed by atoms with Gasteiger partial charge in [0.25, 0.3) is 0 Å². The monoisotopic (exact) mass is 921 g/mol. The fourth-order valence-electron chi connectivity index (χ4n) is 5.30. The van der Waals surface area contributed by atoms with E-state index in [1.54, 1.807) is 0 Å². The number of benzene rings is 7. The van der Waals surface area contributed by atoms with E-state index in [4.69, 9.17) is 0 Å². The molecule has 0 heterocycles. The van der Waals surface area contributed by atoms with Crippen LogP contribution in [-0.4, -0.2) is 0 Å². The van der Waals surface area contributed by atoms with E-state index in [1.165, 1.54) is 31.8 Å². The Bertz CT molecular complexity index is 1850. The summed E-state index contributed by atoms with van der Waals surface area (Å²) in [5.41, 5.74) is -2.70. The third-order valence-electron chi connectivity index (χ3n) is 7.72. The van der Waals surface area contributed by atoms with Crippen LogP contribution in [0.4, 0.5) is 26.3 Å². The Kier molecular flexibility index (Phi) is 15.0. The zero-order valence-corrected chi connectivity index (χ0v) is 33.3. The van der Waals surface area contributed by atoms with Crippen molar-refractivity contribution in [3.63, 3.8) is 0 Å². The van der Waals surface area contributed by atoms with Gasteiger partial charge in [0.2, 0.25) is 0 Å². The maximum Gasteiger partial charge on any atom is -0.0134 e. The molecule has 0 saturated carbocycles. The van der Waals surface area contributed by atoms with E-state index in [0.29, 0.717) is 6.07 Å². The summed E-state index contributed by atoms with van der Waals surface area (Å²) < 4.78 is 73.3. The number of hydrogen-bond acceptors (Lipinski definition) is 0. The minimum atomic E-state index is -4.84. The topological polar surface area (TPSA) is 0 Å². The average molecular weight is 923 g/mol. The van der Waals surface area contributed by atoms with Gasteiger partial charge in [-0.05, 0) is 47.7 Å². The first kappa shape index (κ1) is 41.3. The van der Waals surface area contributed by atoms with Crippen molar-refractivity contribution in [2.24, 2.45) is 0 Å². The van der Waals surface area contributed by atoms with Crippen LogP contribution in [0.3, 0.4) is 0 Å². The Morgan fingerprint density at radius 3 is 0.815 bits per heavy atom. The molecule has 10 heteroatoms. The maximum absolute atomic E-state index is 12.4. The standard InChI is InChI=1S/2C18H15P.C8H2BrF6.Pd/c2*1-4-10-16(11-5-1)19(17-12-6-2-7-13-17)18-14-8-3-9-15-18;9-6-2-1-4(7(10,11)12)3-5(6)8(13,14)15;/h2*1-15H;1,3H;. The number of rotatable bonds is 6. The normalized spacial score (nSPS) is 11.3. The minimum Gasteiger partial charge on any atom is -0.0622 e. The molecule has 7 aromatic rings. The van der Waals surface area contributed by atoms with E-state index in [0.717, 1.165) is 0 Å². The molecular weight excluding hydrogens is 891 g/mol. The molecule has 0 saturated heterocycles. The molecule has 54 heavy (non-hydrogen) atoms. The fraction of sp³-hybridized carbons (Fsp3) is 0.0455. The second kappa shape index (κ2) is 19.6. The second-order valence-corrected chi connectivity index (χ2v) is 17.5. The largest absolute Gasteiger partial charge is 0.0622 e. The molecule has 0 fully saturated rings. The predicted molar refractivity (Wildman–Crippen MR) is 214 cm³/mol. The van der Waals surface area contributed by atoms with Crippen molar-refractivity contribution in [2.45, 2.75) is 12.4 Å². The quantitative estimate of drug-likeness (QED) is 0.0886. The molecule has 0 amide bonds. The molecule has 0 N–H and O–H groups in total. The molecule has 0 atom stereocenters. The van der Waals surface area contributed by atoms with E-state index < -0.39 is 43.8 Å². The summed E-state index contributed by atoms with van der Waals surface area (Å²) in [6.45, 7) is 0. The van der Waals surface area contributed by atoms with Crippen LogP contribution in [0, 0.1) is 0 Å². The molecule has 0 aromatic heterocycles. The van der Waals surface area contributed by atoms with Gasteiger partial charge in [0.1, 0.15) is 0 Å². The molecule has 7 aromatic carbocycles. The first-order chi connectivity index (χ1) is 25.9. The van der Waals surface area contributed by atoms with Gasteiger partial charge >= 0.3 is 106 Å². The van der Waals surface area contributed by atoms with Crippen molar-refractivity contribution in [1.82, 2.24) is 0 Å². The molecule has 277 valence electrons. The van der Waals surface area contributed by atoms with Crippen molar-refractivity contribution in [3.8, 4) is 0 Å². The first-order valence-electron chi connectivity index (χ1n) is 16.4. The van der Waals surface area contributed by atoms with E-state index in [9.17, 15) is 26.3 Å². The first-order valence-corrected chi connectivity index (χ1v) is 20.7. The van der Waals surface area contributed by atoms with Crippen molar-refractivity contribution >= 4 is 67.6 Å². The van der Waals surface area contributed by atoms with Gasteiger partial charge < -0.3 is 0 Å². The van der Waals surface area contributed by atoms with Gasteiger partial charge in [-0.1, -0.05) is 182 Å². The summed E-state index contributed by atoms with van der Waals surface area (Å²) in [5.74, 6) is 0. The van der Waals surface area contributed by atoms with Gasteiger partial charge in [0, 0.05) is 0 Å². The molecule has 0 spiro atoms. The summed E-state index contributed by atoms with van der Waals surface area (Å²) in [6, 6.07) is 65.3. The summed E-state index contributed by atoms with van der Waals surface area (Å²) in [4.78, 5) is 0. The van der Waals surface area contributed by atoms with Crippen LogP contribution >= 0.6 is 31.8 Å². The van der Waals surface area contributed by atoms with Gasteiger partial charge in [-0.3, -0.25) is 0 Å². The molecule has 0 aliphatic heterocycles. The molecular formula is C44H32BrF6P2Pd. The van der Waals surface area contributed by atoms with Crippen molar-refractivity contribution < 1.29 is 45.5 Å². The molecule has 0 bridgehead atoms. The number of hydrogen-bond donors (Lipinski definition) is 0. The maximum atomic E-state index is 12.4. The zero-order chi connectivity index (χ0) is 38.6. The van der Waals surface area contributed by atoms with Crippen LogP contribution in [0.5, 0.6) is 0 Å². The van der Waals surface area contributed by atoms with Crippen molar-refractivity contribution in [1.29, 1.82) is 0 Å². The van der Waals surface area contributed by atoms with Crippen LogP contribution in [-0.2, 0) is 31.6 Å². The fourth-order valence-corrected chi connectivity index (χ4v) is 10.8. The van der Waals surface area contributed by atoms with Gasteiger partial charge in [0.15, 0.2) is 0 Å². The van der Waals surface area contributed by atoms with Crippen LogP contribution in [0.15, 0.2) is 199 Å². The third-order valence-corrected chi connectivity index (χ3v) is 14.6. The van der Waals surface area contributed by atoms with E-state index in [2.05, 4.69) is 217 Å². The SMILES string of the molecule is FC(F)(F)c1c[c]([Pd])c(Br)c(C(F)(F)F)c1.c1ccc(P(c2ccccc2)c2ccccc2)cc1.c1ccc(P(c2ccccc2)c2ccccc2)cc1. The Labute approximate surface area is 333 Å². The number of halogens is 7. The second-order valence-electron chi connectivity index (χ2n) is 11.5. The van der Waals surface area contributed by atoms with Gasteiger partial charge in [0.05, 0.1) is 0 Å². The Balaban J connectivity index is 0.000000157. The van der Waals surface area contributed by atoms with Gasteiger partial charge in [-0.15, -0.1) is 0 Å². The predicted octanol–water partition coefficient (Wildman–Crippen LogP) is 10.5.